The molecule has 0 amide bonds. The molecule has 0 spiro atoms. The standard InChI is InChI=1S/C19H23NO2/c1-13(21)18-11-16(10-14-6-3-4-8-17(14)18)19(22)15-7-5-9-20(2)12-15/h3-4,6,8,10-11,13,15,21H,5,7,9,12H2,1-2H3. The summed E-state index contributed by atoms with van der Waals surface area (Å²) in [7, 11) is 2.07. The summed E-state index contributed by atoms with van der Waals surface area (Å²) >= 11 is 0. The number of benzene rings is 2. The predicted octanol–water partition coefficient (Wildman–Crippen LogP) is 3.42. The quantitative estimate of drug-likeness (QED) is 0.883. The molecule has 1 fully saturated rings. The highest BCUT2D eigenvalue weighted by Gasteiger charge is 2.25. The highest BCUT2D eigenvalue weighted by atomic mass is 16.3. The van der Waals surface area contributed by atoms with E-state index in [1.54, 1.807) is 6.92 Å². The van der Waals surface area contributed by atoms with E-state index in [0.717, 1.165) is 47.8 Å². The Kier molecular flexibility index (Phi) is 4.27. The van der Waals surface area contributed by atoms with Gasteiger partial charge in [-0.25, -0.2) is 0 Å². The van der Waals surface area contributed by atoms with Crippen LogP contribution in [-0.2, 0) is 0 Å². The number of fused-ring (bicyclic) bond motifs is 1. The lowest BCUT2D eigenvalue weighted by atomic mass is 9.87. The second-order valence-electron chi connectivity index (χ2n) is 6.43. The van der Waals surface area contributed by atoms with Crippen LogP contribution in [0.1, 0.15) is 41.8 Å². The van der Waals surface area contributed by atoms with E-state index in [0.29, 0.717) is 0 Å². The fraction of sp³-hybridized carbons (Fsp3) is 0.421. The van der Waals surface area contributed by atoms with Gasteiger partial charge >= 0.3 is 0 Å². The summed E-state index contributed by atoms with van der Waals surface area (Å²) in [6.45, 7) is 3.65. The van der Waals surface area contributed by atoms with E-state index in [4.69, 9.17) is 0 Å². The summed E-state index contributed by atoms with van der Waals surface area (Å²) in [5.74, 6) is 0.279. The van der Waals surface area contributed by atoms with Crippen LogP contribution >= 0.6 is 0 Å². The number of rotatable bonds is 3. The van der Waals surface area contributed by atoms with E-state index in [1.165, 1.54) is 0 Å². The summed E-state index contributed by atoms with van der Waals surface area (Å²) in [4.78, 5) is 15.1. The van der Waals surface area contributed by atoms with Gasteiger partial charge in [0, 0.05) is 18.0 Å². The van der Waals surface area contributed by atoms with E-state index in [1.807, 2.05) is 36.4 Å². The Labute approximate surface area is 131 Å². The number of aliphatic hydroxyl groups is 1. The van der Waals surface area contributed by atoms with Gasteiger partial charge in [0.05, 0.1) is 6.10 Å². The number of piperidine rings is 1. The van der Waals surface area contributed by atoms with Crippen molar-refractivity contribution in [1.29, 1.82) is 0 Å². The molecule has 2 unspecified atom stereocenters. The molecule has 2 aromatic rings. The van der Waals surface area contributed by atoms with E-state index in [-0.39, 0.29) is 11.7 Å². The molecule has 3 rings (SSSR count). The number of likely N-dealkylation sites (tertiary alicyclic amines) is 1. The minimum absolute atomic E-state index is 0.0711. The summed E-state index contributed by atoms with van der Waals surface area (Å²) < 4.78 is 0. The van der Waals surface area contributed by atoms with Gasteiger partial charge in [-0.05, 0) is 61.8 Å². The number of carbonyl (C=O) groups is 1. The number of Topliss-reactive ketones (excluding diaryl/α,β-unsaturated/α-hetero) is 1. The van der Waals surface area contributed by atoms with E-state index < -0.39 is 6.10 Å². The maximum Gasteiger partial charge on any atom is 0.167 e. The number of hydrogen-bond acceptors (Lipinski definition) is 3. The van der Waals surface area contributed by atoms with Crippen LogP contribution in [0.2, 0.25) is 0 Å². The molecule has 1 aliphatic rings. The zero-order valence-corrected chi connectivity index (χ0v) is 13.2. The minimum atomic E-state index is -0.577. The number of aliphatic hydroxyl groups excluding tert-OH is 1. The Hall–Kier alpha value is -1.71. The van der Waals surface area contributed by atoms with Crippen LogP contribution < -0.4 is 0 Å². The highest BCUT2D eigenvalue weighted by molar-refractivity contribution is 6.02. The molecule has 0 aromatic heterocycles. The smallest absolute Gasteiger partial charge is 0.167 e. The third-order valence-electron chi connectivity index (χ3n) is 4.62. The van der Waals surface area contributed by atoms with Crippen LogP contribution in [0, 0.1) is 5.92 Å². The first kappa shape index (κ1) is 15.2. The Bertz CT molecular complexity index is 693. The molecule has 0 radical (unpaired) electrons. The van der Waals surface area contributed by atoms with Gasteiger partial charge in [0.1, 0.15) is 0 Å². The van der Waals surface area contributed by atoms with Crippen LogP contribution in [0.15, 0.2) is 36.4 Å². The third kappa shape index (κ3) is 2.92. The molecule has 0 aliphatic carbocycles. The first-order valence-electron chi connectivity index (χ1n) is 8.00. The van der Waals surface area contributed by atoms with E-state index >= 15 is 0 Å². The van der Waals surface area contributed by atoms with Gasteiger partial charge in [-0.15, -0.1) is 0 Å². The lowest BCUT2D eigenvalue weighted by Gasteiger charge is -2.29. The Morgan fingerprint density at radius 2 is 2.09 bits per heavy atom. The monoisotopic (exact) mass is 297 g/mol. The van der Waals surface area contributed by atoms with Crippen molar-refractivity contribution in [2.24, 2.45) is 5.92 Å². The third-order valence-corrected chi connectivity index (χ3v) is 4.62. The molecule has 1 N–H and O–H groups in total. The van der Waals surface area contributed by atoms with Crippen molar-refractivity contribution in [1.82, 2.24) is 4.90 Å². The second kappa shape index (κ2) is 6.19. The van der Waals surface area contributed by atoms with Gasteiger partial charge in [0.25, 0.3) is 0 Å². The molecule has 2 atom stereocenters. The molecule has 3 heteroatoms. The summed E-state index contributed by atoms with van der Waals surface area (Å²) in [5.41, 5.74) is 1.57. The highest BCUT2D eigenvalue weighted by Crippen LogP contribution is 2.28. The lowest BCUT2D eigenvalue weighted by molar-refractivity contribution is 0.0843. The molecule has 3 nitrogen and oxygen atoms in total. The number of ketones is 1. The van der Waals surface area contributed by atoms with Crippen molar-refractivity contribution in [3.05, 3.63) is 47.5 Å². The Balaban J connectivity index is 2.01. The molecule has 116 valence electrons. The minimum Gasteiger partial charge on any atom is -0.389 e. The summed E-state index contributed by atoms with van der Waals surface area (Å²) in [6.07, 6.45) is 1.45. The molecule has 22 heavy (non-hydrogen) atoms. The Morgan fingerprint density at radius 3 is 2.82 bits per heavy atom. The van der Waals surface area contributed by atoms with Gasteiger partial charge in [-0.1, -0.05) is 24.3 Å². The first-order chi connectivity index (χ1) is 10.6. The van der Waals surface area contributed by atoms with Crippen molar-refractivity contribution < 1.29 is 9.90 Å². The summed E-state index contributed by atoms with van der Waals surface area (Å²) in [5, 5.41) is 12.1. The first-order valence-corrected chi connectivity index (χ1v) is 8.00. The van der Waals surface area contributed by atoms with Crippen LogP contribution in [-0.4, -0.2) is 35.9 Å². The van der Waals surface area contributed by atoms with Gasteiger partial charge in [-0.2, -0.15) is 0 Å². The normalized spacial score (nSPS) is 21.0. The topological polar surface area (TPSA) is 40.5 Å². The summed E-state index contributed by atoms with van der Waals surface area (Å²) in [6, 6.07) is 11.8. The van der Waals surface area contributed by atoms with Crippen molar-refractivity contribution in [3.8, 4) is 0 Å². The maximum atomic E-state index is 12.9. The molecule has 2 aromatic carbocycles. The average Bonchev–Trinajstić information content (AvgIpc) is 2.53. The van der Waals surface area contributed by atoms with Gasteiger partial charge in [-0.3, -0.25) is 4.79 Å². The fourth-order valence-electron chi connectivity index (χ4n) is 3.44. The van der Waals surface area contributed by atoms with Crippen LogP contribution in [0.3, 0.4) is 0 Å². The predicted molar refractivity (Wildman–Crippen MR) is 89.1 cm³/mol. The SMILES string of the molecule is CC(O)c1cc(C(=O)C2CCCN(C)C2)cc2ccccc12. The second-order valence-corrected chi connectivity index (χ2v) is 6.43. The van der Waals surface area contributed by atoms with Crippen molar-refractivity contribution in [2.45, 2.75) is 25.9 Å². The van der Waals surface area contributed by atoms with Gasteiger partial charge in [0.15, 0.2) is 5.78 Å². The maximum absolute atomic E-state index is 12.9. The molecule has 0 saturated carbocycles. The molecular weight excluding hydrogens is 274 g/mol. The molecule has 1 saturated heterocycles. The van der Waals surface area contributed by atoms with Gasteiger partial charge < -0.3 is 10.0 Å². The molecular formula is C19H23NO2. The number of hydrogen-bond donors (Lipinski definition) is 1. The van der Waals surface area contributed by atoms with Gasteiger partial charge in [0.2, 0.25) is 0 Å². The van der Waals surface area contributed by atoms with Crippen molar-refractivity contribution >= 4 is 16.6 Å². The number of carbonyl (C=O) groups excluding carboxylic acids is 1. The molecule has 1 aliphatic heterocycles. The van der Waals surface area contributed by atoms with E-state index in [9.17, 15) is 9.90 Å². The van der Waals surface area contributed by atoms with E-state index in [2.05, 4.69) is 11.9 Å². The molecule has 1 heterocycles. The lowest BCUT2D eigenvalue weighted by Crippen LogP contribution is -2.36. The van der Waals surface area contributed by atoms with Crippen molar-refractivity contribution in [3.63, 3.8) is 0 Å². The molecule has 0 bridgehead atoms. The zero-order valence-electron chi connectivity index (χ0n) is 13.2. The number of nitrogens with zero attached hydrogens (tertiary/aromatic N) is 1. The zero-order chi connectivity index (χ0) is 15.7. The average molecular weight is 297 g/mol. The largest absolute Gasteiger partial charge is 0.389 e. The van der Waals surface area contributed by atoms with Crippen LogP contribution in [0.25, 0.3) is 10.8 Å². The fourth-order valence-corrected chi connectivity index (χ4v) is 3.44. The Morgan fingerprint density at radius 1 is 1.32 bits per heavy atom. The van der Waals surface area contributed by atoms with Crippen LogP contribution in [0.5, 0.6) is 0 Å². The van der Waals surface area contributed by atoms with Crippen molar-refractivity contribution in [2.75, 3.05) is 20.1 Å². The van der Waals surface area contributed by atoms with Crippen LogP contribution in [0.4, 0.5) is 0 Å².